The third-order valence-corrected chi connectivity index (χ3v) is 1.80. The van der Waals surface area contributed by atoms with Crippen LogP contribution in [0.2, 0.25) is 0 Å². The zero-order valence-electron chi connectivity index (χ0n) is 7.76. The number of hydrogen-bond donors (Lipinski definition) is 1. The maximum atomic E-state index is 10.4. The second-order valence-electron chi connectivity index (χ2n) is 3.79. The van der Waals surface area contributed by atoms with Crippen LogP contribution in [-0.2, 0) is 4.79 Å². The number of rotatable bonds is 5. The summed E-state index contributed by atoms with van der Waals surface area (Å²) in [6.45, 7) is 3.91. The van der Waals surface area contributed by atoms with Crippen LogP contribution in [0, 0.1) is 17.8 Å². The van der Waals surface area contributed by atoms with Gasteiger partial charge in [-0.3, -0.25) is 4.79 Å². The van der Waals surface area contributed by atoms with Gasteiger partial charge in [0.2, 0.25) is 0 Å². The molecule has 2 nitrogen and oxygen atoms in total. The minimum absolute atomic E-state index is 0.122. The van der Waals surface area contributed by atoms with E-state index in [1.807, 2.05) is 13.8 Å². The van der Waals surface area contributed by atoms with Crippen molar-refractivity contribution in [2.45, 2.75) is 39.5 Å². The van der Waals surface area contributed by atoms with Crippen molar-refractivity contribution in [3.63, 3.8) is 0 Å². The van der Waals surface area contributed by atoms with Gasteiger partial charge in [-0.25, -0.2) is 0 Å². The fourth-order valence-electron chi connectivity index (χ4n) is 1.17. The predicted octanol–water partition coefficient (Wildman–Crippen LogP) is 2.29. The summed E-state index contributed by atoms with van der Waals surface area (Å²) in [5.74, 6) is 1.81. The van der Waals surface area contributed by atoms with E-state index in [0.717, 1.165) is 19.3 Å². The molecular formula is C10H16O2. The lowest BCUT2D eigenvalue weighted by molar-refractivity contribution is -0.139. The first-order chi connectivity index (χ1) is 5.48. The van der Waals surface area contributed by atoms with E-state index < -0.39 is 5.97 Å². The number of hydrogen-bond acceptors (Lipinski definition) is 1. The molecule has 0 aromatic carbocycles. The van der Waals surface area contributed by atoms with E-state index in [-0.39, 0.29) is 11.8 Å². The van der Waals surface area contributed by atoms with Crippen molar-refractivity contribution < 1.29 is 9.90 Å². The number of terminal acetylenes is 1. The minimum atomic E-state index is -0.735. The smallest absolute Gasteiger partial charge is 0.303 e. The van der Waals surface area contributed by atoms with Crippen molar-refractivity contribution in [2.75, 3.05) is 0 Å². The molecule has 0 heterocycles. The van der Waals surface area contributed by atoms with Gasteiger partial charge in [-0.2, -0.15) is 0 Å². The molecule has 0 saturated carbocycles. The van der Waals surface area contributed by atoms with E-state index in [0.29, 0.717) is 0 Å². The SMILES string of the molecule is C#CCCCC(C)(C)CC(=O)O. The maximum Gasteiger partial charge on any atom is 0.303 e. The first-order valence-corrected chi connectivity index (χ1v) is 4.13. The van der Waals surface area contributed by atoms with E-state index in [4.69, 9.17) is 11.5 Å². The molecule has 2 heteroatoms. The Morgan fingerprint density at radius 1 is 1.58 bits per heavy atom. The van der Waals surface area contributed by atoms with Gasteiger partial charge in [0.05, 0.1) is 6.42 Å². The molecule has 0 bridgehead atoms. The number of carbonyl (C=O) groups is 1. The molecule has 0 aliphatic rings. The highest BCUT2D eigenvalue weighted by Gasteiger charge is 2.20. The van der Waals surface area contributed by atoms with Gasteiger partial charge in [0.1, 0.15) is 0 Å². The fourth-order valence-corrected chi connectivity index (χ4v) is 1.17. The molecule has 0 atom stereocenters. The predicted molar refractivity (Wildman–Crippen MR) is 48.7 cm³/mol. The molecule has 0 aliphatic heterocycles. The van der Waals surface area contributed by atoms with Crippen LogP contribution in [0.4, 0.5) is 0 Å². The van der Waals surface area contributed by atoms with Crippen LogP contribution in [0.15, 0.2) is 0 Å². The van der Waals surface area contributed by atoms with E-state index in [9.17, 15) is 4.79 Å². The third-order valence-electron chi connectivity index (χ3n) is 1.80. The molecule has 0 aliphatic carbocycles. The molecule has 0 radical (unpaired) electrons. The summed E-state index contributed by atoms with van der Waals surface area (Å²) < 4.78 is 0. The van der Waals surface area contributed by atoms with Crippen LogP contribution in [0.1, 0.15) is 39.5 Å². The summed E-state index contributed by atoms with van der Waals surface area (Å²) in [5, 5.41) is 8.57. The molecule has 0 saturated heterocycles. The Balaban J connectivity index is 3.72. The Morgan fingerprint density at radius 3 is 2.58 bits per heavy atom. The second kappa shape index (κ2) is 4.82. The van der Waals surface area contributed by atoms with E-state index in [2.05, 4.69) is 5.92 Å². The molecule has 12 heavy (non-hydrogen) atoms. The fraction of sp³-hybridized carbons (Fsp3) is 0.700. The number of aliphatic carboxylic acids is 1. The lowest BCUT2D eigenvalue weighted by Crippen LogP contribution is -2.16. The highest BCUT2D eigenvalue weighted by molar-refractivity contribution is 5.67. The topological polar surface area (TPSA) is 37.3 Å². The summed E-state index contributed by atoms with van der Waals surface area (Å²) in [4.78, 5) is 10.4. The van der Waals surface area contributed by atoms with Gasteiger partial charge >= 0.3 is 5.97 Å². The summed E-state index contributed by atoms with van der Waals surface area (Å²) in [6.07, 6.45) is 7.84. The van der Waals surface area contributed by atoms with Crippen LogP contribution in [0.3, 0.4) is 0 Å². The zero-order valence-corrected chi connectivity index (χ0v) is 7.76. The highest BCUT2D eigenvalue weighted by atomic mass is 16.4. The summed E-state index contributed by atoms with van der Waals surface area (Å²) >= 11 is 0. The lowest BCUT2D eigenvalue weighted by Gasteiger charge is -2.21. The van der Waals surface area contributed by atoms with Gasteiger partial charge in [-0.05, 0) is 18.3 Å². The van der Waals surface area contributed by atoms with E-state index in [1.54, 1.807) is 0 Å². The van der Waals surface area contributed by atoms with Crippen molar-refractivity contribution in [1.29, 1.82) is 0 Å². The zero-order chi connectivity index (χ0) is 9.61. The second-order valence-corrected chi connectivity index (χ2v) is 3.79. The molecule has 68 valence electrons. The van der Waals surface area contributed by atoms with Crippen molar-refractivity contribution in [3.05, 3.63) is 0 Å². The van der Waals surface area contributed by atoms with Crippen LogP contribution < -0.4 is 0 Å². The summed E-state index contributed by atoms with van der Waals surface area (Å²) in [7, 11) is 0. The summed E-state index contributed by atoms with van der Waals surface area (Å²) in [5.41, 5.74) is -0.122. The van der Waals surface area contributed by atoms with Crippen molar-refractivity contribution in [2.24, 2.45) is 5.41 Å². The average Bonchev–Trinajstić information content (AvgIpc) is 1.84. The maximum absolute atomic E-state index is 10.4. The Bertz CT molecular complexity index is 187. The lowest BCUT2D eigenvalue weighted by atomic mass is 9.84. The number of carboxylic acids is 1. The van der Waals surface area contributed by atoms with Crippen LogP contribution >= 0.6 is 0 Å². The Hall–Kier alpha value is -0.970. The molecule has 0 aromatic rings. The first-order valence-electron chi connectivity index (χ1n) is 4.13. The quantitative estimate of drug-likeness (QED) is 0.505. The molecule has 0 aromatic heterocycles. The monoisotopic (exact) mass is 168 g/mol. The molecule has 1 N–H and O–H groups in total. The molecule has 0 rings (SSSR count). The number of unbranched alkanes of at least 4 members (excludes halogenated alkanes) is 1. The van der Waals surface area contributed by atoms with Gasteiger partial charge in [0.25, 0.3) is 0 Å². The van der Waals surface area contributed by atoms with Crippen LogP contribution in [0.5, 0.6) is 0 Å². The normalized spacial score (nSPS) is 10.8. The van der Waals surface area contributed by atoms with E-state index >= 15 is 0 Å². The van der Waals surface area contributed by atoms with Gasteiger partial charge in [-0.1, -0.05) is 13.8 Å². The van der Waals surface area contributed by atoms with Gasteiger partial charge < -0.3 is 5.11 Å². The first kappa shape index (κ1) is 11.0. The van der Waals surface area contributed by atoms with Gasteiger partial charge in [0.15, 0.2) is 0 Å². The largest absolute Gasteiger partial charge is 0.481 e. The van der Waals surface area contributed by atoms with Crippen molar-refractivity contribution in [3.8, 4) is 12.3 Å². The average molecular weight is 168 g/mol. The standard InChI is InChI=1S/C10H16O2/c1-4-5-6-7-10(2,3)8-9(11)12/h1H,5-8H2,2-3H3,(H,11,12). The van der Waals surface area contributed by atoms with Gasteiger partial charge in [-0.15, -0.1) is 12.3 Å². The summed E-state index contributed by atoms with van der Waals surface area (Å²) in [6, 6.07) is 0. The highest BCUT2D eigenvalue weighted by Crippen LogP contribution is 2.26. The van der Waals surface area contributed by atoms with Crippen LogP contribution in [0.25, 0.3) is 0 Å². The molecule has 0 unspecified atom stereocenters. The number of carboxylic acid groups (broad SMARTS) is 1. The Kier molecular flexibility index (Phi) is 4.43. The third kappa shape index (κ3) is 5.79. The molecule has 0 spiro atoms. The Labute approximate surface area is 74.0 Å². The van der Waals surface area contributed by atoms with Crippen LogP contribution in [-0.4, -0.2) is 11.1 Å². The van der Waals surface area contributed by atoms with Gasteiger partial charge in [0, 0.05) is 6.42 Å². The molecule has 0 fully saturated rings. The van der Waals surface area contributed by atoms with E-state index in [1.165, 1.54) is 0 Å². The molecular weight excluding hydrogens is 152 g/mol. The van der Waals surface area contributed by atoms with Crippen molar-refractivity contribution in [1.82, 2.24) is 0 Å². The Morgan fingerprint density at radius 2 is 2.17 bits per heavy atom. The van der Waals surface area contributed by atoms with Crippen molar-refractivity contribution >= 4 is 5.97 Å². The molecule has 0 amide bonds. The minimum Gasteiger partial charge on any atom is -0.481 e.